The Kier molecular flexibility index (Phi) is 7.29. The lowest BCUT2D eigenvalue weighted by Crippen LogP contribution is -2.31. The summed E-state index contributed by atoms with van der Waals surface area (Å²) in [5.41, 5.74) is 4.62. The Morgan fingerprint density at radius 1 is 1.05 bits per heavy atom. The first-order valence-corrected chi connectivity index (χ1v) is 13.9. The Balaban J connectivity index is 1.44. The van der Waals surface area contributed by atoms with Crippen LogP contribution >= 0.6 is 15.9 Å². The zero-order valence-corrected chi connectivity index (χ0v) is 23.5. The third kappa shape index (κ3) is 5.08. The van der Waals surface area contributed by atoms with Crippen molar-refractivity contribution in [1.82, 2.24) is 24.1 Å². The molecule has 1 amide bonds. The summed E-state index contributed by atoms with van der Waals surface area (Å²) in [6, 6.07) is 21.3. The van der Waals surface area contributed by atoms with Gasteiger partial charge in [-0.05, 0) is 54.4 Å². The van der Waals surface area contributed by atoms with E-state index in [0.717, 1.165) is 57.7 Å². The number of amides is 1. The molecule has 0 fully saturated rings. The number of halogens is 1. The first-order valence-electron chi connectivity index (χ1n) is 13.1. The number of rotatable bonds is 10. The SMILES string of the molecule is CCCn1c(-c2ccc(-n3ccnc3)cc2)cnc1C(Cc1ccccn1)N(C=O)c1cc2cc(Br)ccc2o1. The van der Waals surface area contributed by atoms with Gasteiger partial charge < -0.3 is 13.6 Å². The lowest BCUT2D eigenvalue weighted by molar-refractivity contribution is -0.108. The summed E-state index contributed by atoms with van der Waals surface area (Å²) in [6.45, 7) is 2.88. The Bertz CT molecular complexity index is 1730. The van der Waals surface area contributed by atoms with Crippen molar-refractivity contribution in [3.8, 4) is 16.9 Å². The van der Waals surface area contributed by atoms with E-state index in [2.05, 4.69) is 61.7 Å². The van der Waals surface area contributed by atoms with Crippen LogP contribution in [0.4, 0.5) is 5.88 Å². The van der Waals surface area contributed by atoms with Gasteiger partial charge in [0.05, 0.1) is 18.2 Å². The summed E-state index contributed by atoms with van der Waals surface area (Å²) in [7, 11) is 0. The molecule has 0 aliphatic carbocycles. The van der Waals surface area contributed by atoms with Crippen molar-refractivity contribution >= 4 is 39.2 Å². The maximum absolute atomic E-state index is 12.7. The lowest BCUT2D eigenvalue weighted by Gasteiger charge is -2.27. The van der Waals surface area contributed by atoms with Crippen molar-refractivity contribution in [2.75, 3.05) is 4.90 Å². The largest absolute Gasteiger partial charge is 0.440 e. The summed E-state index contributed by atoms with van der Waals surface area (Å²) in [4.78, 5) is 28.0. The third-order valence-corrected chi connectivity index (χ3v) is 7.39. The number of hydrogen-bond acceptors (Lipinski definition) is 5. The quantitative estimate of drug-likeness (QED) is 0.159. The van der Waals surface area contributed by atoms with E-state index in [1.165, 1.54) is 0 Å². The second-order valence-electron chi connectivity index (χ2n) is 9.49. The minimum absolute atomic E-state index is 0.443. The number of carbonyl (C=O) groups is 1. The first kappa shape index (κ1) is 25.8. The van der Waals surface area contributed by atoms with Gasteiger partial charge in [-0.2, -0.15) is 0 Å². The molecule has 6 aromatic rings. The molecule has 200 valence electrons. The molecule has 6 rings (SSSR count). The number of imidazole rings is 2. The van der Waals surface area contributed by atoms with Crippen LogP contribution < -0.4 is 4.90 Å². The highest BCUT2D eigenvalue weighted by Crippen LogP contribution is 2.35. The fourth-order valence-corrected chi connectivity index (χ4v) is 5.38. The topological polar surface area (TPSA) is 82.0 Å². The molecule has 1 unspecified atom stereocenters. The molecule has 4 heterocycles. The van der Waals surface area contributed by atoms with Crippen LogP contribution in [-0.4, -0.2) is 30.5 Å². The minimum atomic E-state index is -0.443. The van der Waals surface area contributed by atoms with Gasteiger partial charge in [-0.1, -0.05) is 41.1 Å². The highest BCUT2D eigenvalue weighted by atomic mass is 79.9. The number of aromatic nitrogens is 5. The van der Waals surface area contributed by atoms with Crippen molar-refractivity contribution in [2.45, 2.75) is 32.4 Å². The van der Waals surface area contributed by atoms with Gasteiger partial charge in [-0.3, -0.25) is 14.7 Å². The van der Waals surface area contributed by atoms with E-state index in [1.807, 2.05) is 59.4 Å². The molecule has 0 aliphatic heterocycles. The number of hydrogen-bond donors (Lipinski definition) is 0. The molecule has 8 nitrogen and oxygen atoms in total. The number of nitrogens with zero attached hydrogens (tertiary/aromatic N) is 6. The predicted molar refractivity (Wildman–Crippen MR) is 158 cm³/mol. The second-order valence-corrected chi connectivity index (χ2v) is 10.4. The number of furan rings is 1. The van der Waals surface area contributed by atoms with E-state index in [0.29, 0.717) is 17.9 Å². The molecule has 2 aromatic carbocycles. The van der Waals surface area contributed by atoms with Gasteiger partial charge in [0.1, 0.15) is 17.4 Å². The maximum atomic E-state index is 12.7. The molecule has 0 saturated heterocycles. The minimum Gasteiger partial charge on any atom is -0.440 e. The molecule has 0 aliphatic rings. The Morgan fingerprint density at radius 3 is 2.65 bits per heavy atom. The van der Waals surface area contributed by atoms with Crippen LogP contribution in [0.3, 0.4) is 0 Å². The first-order chi connectivity index (χ1) is 19.6. The van der Waals surface area contributed by atoms with Gasteiger partial charge in [0, 0.05) is 58.9 Å². The van der Waals surface area contributed by atoms with Crippen molar-refractivity contribution < 1.29 is 9.21 Å². The van der Waals surface area contributed by atoms with Crippen LogP contribution in [-0.2, 0) is 17.8 Å². The summed E-state index contributed by atoms with van der Waals surface area (Å²) in [6.07, 6.45) is 11.3. The van der Waals surface area contributed by atoms with Crippen molar-refractivity contribution in [3.05, 3.63) is 114 Å². The van der Waals surface area contributed by atoms with Gasteiger partial charge >= 0.3 is 0 Å². The van der Waals surface area contributed by atoms with E-state index >= 15 is 0 Å². The molecule has 9 heteroatoms. The summed E-state index contributed by atoms with van der Waals surface area (Å²) < 4.78 is 11.3. The molecule has 0 saturated carbocycles. The van der Waals surface area contributed by atoms with Crippen LogP contribution in [0.15, 0.2) is 107 Å². The van der Waals surface area contributed by atoms with Crippen LogP contribution in [0.25, 0.3) is 27.9 Å². The van der Waals surface area contributed by atoms with E-state index < -0.39 is 6.04 Å². The van der Waals surface area contributed by atoms with Gasteiger partial charge in [0.2, 0.25) is 12.3 Å². The monoisotopic (exact) mass is 594 g/mol. The van der Waals surface area contributed by atoms with E-state index in [1.54, 1.807) is 23.6 Å². The fraction of sp³-hybridized carbons (Fsp3) is 0.161. The number of pyridine rings is 1. The van der Waals surface area contributed by atoms with Gasteiger partial charge in [-0.15, -0.1) is 0 Å². The molecule has 40 heavy (non-hydrogen) atoms. The zero-order valence-electron chi connectivity index (χ0n) is 21.9. The molecule has 4 aromatic heterocycles. The van der Waals surface area contributed by atoms with E-state index in [9.17, 15) is 4.79 Å². The van der Waals surface area contributed by atoms with Crippen LogP contribution in [0, 0.1) is 0 Å². The molecule has 0 radical (unpaired) electrons. The average Bonchev–Trinajstić information content (AvgIpc) is 3.74. The van der Waals surface area contributed by atoms with Crippen molar-refractivity contribution in [2.24, 2.45) is 0 Å². The number of anilines is 1. The Labute approximate surface area is 240 Å². The van der Waals surface area contributed by atoms with Crippen LogP contribution in [0.1, 0.15) is 30.9 Å². The standard InChI is InChI=1S/C31H27BrN6O2/c1-2-14-37-28(22-6-9-26(10-7-22)36-15-13-33-20-36)19-35-31(37)27(18-25-5-3-4-12-34-25)38(21-39)30-17-23-16-24(32)8-11-29(23)40-30/h3-13,15-17,19-21,27H,2,14,18H2,1H3. The molecule has 0 spiro atoms. The van der Waals surface area contributed by atoms with Crippen LogP contribution in [0.2, 0.25) is 0 Å². The zero-order chi connectivity index (χ0) is 27.5. The highest BCUT2D eigenvalue weighted by molar-refractivity contribution is 9.10. The number of carbonyl (C=O) groups excluding carboxylic acids is 1. The normalized spacial score (nSPS) is 12.1. The van der Waals surface area contributed by atoms with Gasteiger partial charge in [0.15, 0.2) is 0 Å². The summed E-state index contributed by atoms with van der Waals surface area (Å²) in [5, 5.41) is 0.906. The summed E-state index contributed by atoms with van der Waals surface area (Å²) in [5.74, 6) is 1.23. The molecular formula is C31H27BrN6O2. The van der Waals surface area contributed by atoms with Crippen LogP contribution in [0.5, 0.6) is 0 Å². The van der Waals surface area contributed by atoms with E-state index in [4.69, 9.17) is 9.40 Å². The van der Waals surface area contributed by atoms with Crippen molar-refractivity contribution in [1.29, 1.82) is 0 Å². The van der Waals surface area contributed by atoms with Gasteiger partial charge in [0.25, 0.3) is 0 Å². The number of benzene rings is 2. The molecule has 0 N–H and O–H groups in total. The molecular weight excluding hydrogens is 568 g/mol. The Hall–Kier alpha value is -4.50. The third-order valence-electron chi connectivity index (χ3n) is 6.90. The average molecular weight is 596 g/mol. The predicted octanol–water partition coefficient (Wildman–Crippen LogP) is 7.00. The van der Waals surface area contributed by atoms with Gasteiger partial charge in [-0.25, -0.2) is 9.97 Å². The highest BCUT2D eigenvalue weighted by Gasteiger charge is 2.29. The molecule has 1 atom stereocenters. The fourth-order valence-electron chi connectivity index (χ4n) is 5.00. The van der Waals surface area contributed by atoms with E-state index in [-0.39, 0.29) is 0 Å². The van der Waals surface area contributed by atoms with Crippen molar-refractivity contribution in [3.63, 3.8) is 0 Å². The smallest absolute Gasteiger partial charge is 0.217 e. The Morgan fingerprint density at radius 2 is 1.93 bits per heavy atom. The molecule has 0 bridgehead atoms. The maximum Gasteiger partial charge on any atom is 0.217 e. The lowest BCUT2D eigenvalue weighted by atomic mass is 10.1. The summed E-state index contributed by atoms with van der Waals surface area (Å²) >= 11 is 3.52. The number of fused-ring (bicyclic) bond motifs is 1. The second kappa shape index (κ2) is 11.3.